The molecule has 1 amide bonds. The van der Waals surface area contributed by atoms with Crippen molar-refractivity contribution in [1.29, 1.82) is 0 Å². The Labute approximate surface area is 91.4 Å². The van der Waals surface area contributed by atoms with Gasteiger partial charge in [0.05, 0.1) is 6.04 Å². The molecular formula is C11H22N2O2. The Balaban J connectivity index is 2.64. The normalized spacial score (nSPS) is 25.1. The van der Waals surface area contributed by atoms with Crippen molar-refractivity contribution in [1.82, 2.24) is 4.90 Å². The molecule has 0 spiro atoms. The SMILES string of the molecule is CCC(C(N)=O)N1CCCCC1CCO. The van der Waals surface area contributed by atoms with Crippen LogP contribution in [-0.2, 0) is 4.79 Å². The molecule has 1 saturated heterocycles. The Hall–Kier alpha value is -0.610. The Morgan fingerprint density at radius 2 is 2.33 bits per heavy atom. The zero-order valence-corrected chi connectivity index (χ0v) is 9.48. The Bertz CT molecular complexity index is 207. The minimum Gasteiger partial charge on any atom is -0.396 e. The maximum atomic E-state index is 11.3. The van der Waals surface area contributed by atoms with Gasteiger partial charge in [0.25, 0.3) is 0 Å². The fraction of sp³-hybridized carbons (Fsp3) is 0.909. The molecule has 4 nitrogen and oxygen atoms in total. The van der Waals surface area contributed by atoms with Gasteiger partial charge in [-0.25, -0.2) is 0 Å². The smallest absolute Gasteiger partial charge is 0.234 e. The van der Waals surface area contributed by atoms with Gasteiger partial charge in [-0.05, 0) is 32.2 Å². The lowest BCUT2D eigenvalue weighted by Crippen LogP contribution is -2.51. The van der Waals surface area contributed by atoms with Crippen LogP contribution in [0.5, 0.6) is 0 Å². The summed E-state index contributed by atoms with van der Waals surface area (Å²) in [6.07, 6.45) is 4.91. The van der Waals surface area contributed by atoms with Gasteiger partial charge in [-0.15, -0.1) is 0 Å². The first-order valence-electron chi connectivity index (χ1n) is 5.86. The summed E-state index contributed by atoms with van der Waals surface area (Å²) in [5.41, 5.74) is 5.39. The van der Waals surface area contributed by atoms with Crippen LogP contribution in [0.3, 0.4) is 0 Å². The van der Waals surface area contributed by atoms with Gasteiger partial charge in [0.15, 0.2) is 0 Å². The summed E-state index contributed by atoms with van der Waals surface area (Å²) >= 11 is 0. The number of amides is 1. The molecule has 88 valence electrons. The van der Waals surface area contributed by atoms with Crippen LogP contribution in [0.2, 0.25) is 0 Å². The number of hydrogen-bond donors (Lipinski definition) is 2. The molecule has 1 aliphatic heterocycles. The van der Waals surface area contributed by atoms with E-state index in [2.05, 4.69) is 4.90 Å². The van der Waals surface area contributed by atoms with E-state index in [0.29, 0.717) is 6.04 Å². The largest absolute Gasteiger partial charge is 0.396 e. The average molecular weight is 214 g/mol. The van der Waals surface area contributed by atoms with Gasteiger partial charge >= 0.3 is 0 Å². The van der Waals surface area contributed by atoms with Crippen molar-refractivity contribution in [2.75, 3.05) is 13.2 Å². The van der Waals surface area contributed by atoms with Gasteiger partial charge in [0.2, 0.25) is 5.91 Å². The first-order chi connectivity index (χ1) is 7.20. The first kappa shape index (κ1) is 12.5. The molecule has 0 aromatic rings. The van der Waals surface area contributed by atoms with Crippen molar-refractivity contribution in [3.8, 4) is 0 Å². The summed E-state index contributed by atoms with van der Waals surface area (Å²) < 4.78 is 0. The number of primary amides is 1. The number of aliphatic hydroxyl groups excluding tert-OH is 1. The molecular weight excluding hydrogens is 192 g/mol. The number of nitrogens with two attached hydrogens (primary N) is 1. The van der Waals surface area contributed by atoms with E-state index in [1.807, 2.05) is 6.92 Å². The van der Waals surface area contributed by atoms with Crippen molar-refractivity contribution in [3.05, 3.63) is 0 Å². The topological polar surface area (TPSA) is 66.6 Å². The number of likely N-dealkylation sites (tertiary alicyclic amines) is 1. The molecule has 0 saturated carbocycles. The molecule has 0 bridgehead atoms. The van der Waals surface area contributed by atoms with Crippen LogP contribution in [0, 0.1) is 0 Å². The lowest BCUT2D eigenvalue weighted by atomic mass is 9.96. The van der Waals surface area contributed by atoms with Gasteiger partial charge < -0.3 is 10.8 Å². The van der Waals surface area contributed by atoms with Crippen LogP contribution in [0.4, 0.5) is 0 Å². The fourth-order valence-corrected chi connectivity index (χ4v) is 2.49. The van der Waals surface area contributed by atoms with Crippen molar-refractivity contribution in [2.45, 2.75) is 51.1 Å². The van der Waals surface area contributed by atoms with E-state index in [0.717, 1.165) is 32.2 Å². The summed E-state index contributed by atoms with van der Waals surface area (Å²) in [6.45, 7) is 3.11. The summed E-state index contributed by atoms with van der Waals surface area (Å²) in [5, 5.41) is 8.99. The molecule has 3 N–H and O–H groups in total. The molecule has 4 heteroatoms. The van der Waals surface area contributed by atoms with E-state index in [9.17, 15) is 4.79 Å². The maximum absolute atomic E-state index is 11.3. The second-order valence-electron chi connectivity index (χ2n) is 4.23. The molecule has 2 unspecified atom stereocenters. The molecule has 1 heterocycles. The lowest BCUT2D eigenvalue weighted by Gasteiger charge is -2.39. The molecule has 0 radical (unpaired) electrons. The Morgan fingerprint density at radius 3 is 2.87 bits per heavy atom. The first-order valence-corrected chi connectivity index (χ1v) is 5.86. The lowest BCUT2D eigenvalue weighted by molar-refractivity contribution is -0.125. The highest BCUT2D eigenvalue weighted by molar-refractivity contribution is 5.79. The van der Waals surface area contributed by atoms with Crippen LogP contribution >= 0.6 is 0 Å². The number of carbonyl (C=O) groups is 1. The van der Waals surface area contributed by atoms with Crippen molar-refractivity contribution in [2.24, 2.45) is 5.73 Å². The summed E-state index contributed by atoms with van der Waals surface area (Å²) in [5.74, 6) is -0.234. The summed E-state index contributed by atoms with van der Waals surface area (Å²) in [7, 11) is 0. The zero-order chi connectivity index (χ0) is 11.3. The third-order valence-electron chi connectivity index (χ3n) is 3.25. The zero-order valence-electron chi connectivity index (χ0n) is 9.48. The number of carbonyl (C=O) groups excluding carboxylic acids is 1. The highest BCUT2D eigenvalue weighted by Gasteiger charge is 2.30. The van der Waals surface area contributed by atoms with Crippen LogP contribution in [0.1, 0.15) is 39.0 Å². The van der Waals surface area contributed by atoms with Gasteiger partial charge in [-0.2, -0.15) is 0 Å². The van der Waals surface area contributed by atoms with Crippen molar-refractivity contribution in [3.63, 3.8) is 0 Å². The second kappa shape index (κ2) is 6.08. The second-order valence-corrected chi connectivity index (χ2v) is 4.23. The fourth-order valence-electron chi connectivity index (χ4n) is 2.49. The molecule has 0 aliphatic carbocycles. The number of piperidine rings is 1. The van der Waals surface area contributed by atoms with Crippen LogP contribution < -0.4 is 5.73 Å². The van der Waals surface area contributed by atoms with Gasteiger partial charge in [-0.3, -0.25) is 9.69 Å². The summed E-state index contributed by atoms with van der Waals surface area (Å²) in [6, 6.07) is 0.183. The number of aliphatic hydroxyl groups is 1. The third kappa shape index (κ3) is 3.18. The predicted octanol–water partition coefficient (Wildman–Crippen LogP) is 0.487. The standard InChI is InChI=1S/C11H22N2O2/c1-2-10(11(12)15)13-7-4-3-5-9(13)6-8-14/h9-10,14H,2-8H2,1H3,(H2,12,15). The molecule has 0 aromatic carbocycles. The number of nitrogens with zero attached hydrogens (tertiary/aromatic N) is 1. The van der Waals surface area contributed by atoms with E-state index in [4.69, 9.17) is 10.8 Å². The molecule has 15 heavy (non-hydrogen) atoms. The quantitative estimate of drug-likeness (QED) is 0.700. The van der Waals surface area contributed by atoms with E-state index in [1.165, 1.54) is 6.42 Å². The molecule has 2 atom stereocenters. The molecule has 1 rings (SSSR count). The van der Waals surface area contributed by atoms with E-state index in [-0.39, 0.29) is 18.6 Å². The van der Waals surface area contributed by atoms with Crippen LogP contribution in [-0.4, -0.2) is 41.1 Å². The van der Waals surface area contributed by atoms with Crippen molar-refractivity contribution >= 4 is 5.91 Å². The third-order valence-corrected chi connectivity index (χ3v) is 3.25. The van der Waals surface area contributed by atoms with E-state index >= 15 is 0 Å². The highest BCUT2D eigenvalue weighted by Crippen LogP contribution is 2.22. The minimum atomic E-state index is -0.234. The number of rotatable bonds is 5. The highest BCUT2D eigenvalue weighted by atomic mass is 16.3. The monoisotopic (exact) mass is 214 g/mol. The van der Waals surface area contributed by atoms with E-state index < -0.39 is 0 Å². The van der Waals surface area contributed by atoms with Crippen LogP contribution in [0.25, 0.3) is 0 Å². The minimum absolute atomic E-state index is 0.151. The number of hydrogen-bond acceptors (Lipinski definition) is 3. The molecule has 1 aliphatic rings. The van der Waals surface area contributed by atoms with Gasteiger partial charge in [0, 0.05) is 12.6 Å². The molecule has 1 fully saturated rings. The summed E-state index contributed by atoms with van der Waals surface area (Å²) in [4.78, 5) is 13.5. The van der Waals surface area contributed by atoms with Gasteiger partial charge in [-0.1, -0.05) is 13.3 Å². The van der Waals surface area contributed by atoms with Gasteiger partial charge in [0.1, 0.15) is 0 Å². The predicted molar refractivity (Wildman–Crippen MR) is 59.3 cm³/mol. The van der Waals surface area contributed by atoms with E-state index in [1.54, 1.807) is 0 Å². The Kier molecular flexibility index (Phi) is 5.05. The molecule has 0 aromatic heterocycles. The van der Waals surface area contributed by atoms with Crippen LogP contribution in [0.15, 0.2) is 0 Å². The average Bonchev–Trinajstić information content (AvgIpc) is 2.21. The Morgan fingerprint density at radius 1 is 1.60 bits per heavy atom. The maximum Gasteiger partial charge on any atom is 0.234 e. The van der Waals surface area contributed by atoms with Crippen molar-refractivity contribution < 1.29 is 9.90 Å².